The second kappa shape index (κ2) is 5.37. The van der Waals surface area contributed by atoms with Gasteiger partial charge in [-0.3, -0.25) is 0 Å². The van der Waals surface area contributed by atoms with E-state index in [1.54, 1.807) is 11.3 Å². The first-order valence-corrected chi connectivity index (χ1v) is 7.73. The molecule has 0 saturated heterocycles. The van der Waals surface area contributed by atoms with Crippen LogP contribution in [0, 0.1) is 5.92 Å². The molecule has 0 amide bonds. The first kappa shape index (κ1) is 12.6. The highest BCUT2D eigenvalue weighted by molar-refractivity contribution is 7.10. The molecule has 2 aliphatic heterocycles. The van der Waals surface area contributed by atoms with Gasteiger partial charge in [-0.25, -0.2) is 4.99 Å². The van der Waals surface area contributed by atoms with Crippen LogP contribution >= 0.6 is 11.3 Å². The summed E-state index contributed by atoms with van der Waals surface area (Å²) in [5, 5.41) is 6.17. The predicted octanol–water partition coefficient (Wildman–Crippen LogP) is 3.04. The van der Waals surface area contributed by atoms with Gasteiger partial charge in [0, 0.05) is 10.5 Å². The van der Waals surface area contributed by atoms with Crippen molar-refractivity contribution in [2.45, 2.75) is 12.5 Å². The van der Waals surface area contributed by atoms with Crippen LogP contribution in [0.3, 0.4) is 0 Å². The van der Waals surface area contributed by atoms with Crippen molar-refractivity contribution in [3.8, 4) is 0 Å². The monoisotopic (exact) mass is 302 g/mol. The van der Waals surface area contributed by atoms with E-state index in [1.807, 2.05) is 17.5 Å². The first-order valence-electron chi connectivity index (χ1n) is 6.85. The maximum Gasteiger partial charge on any atom is 0.234 e. The van der Waals surface area contributed by atoms with Crippen molar-refractivity contribution < 1.29 is 14.3 Å². The molecule has 0 N–H and O–H groups in total. The molecule has 0 saturated carbocycles. The molecule has 3 aliphatic rings. The van der Waals surface area contributed by atoms with E-state index in [4.69, 9.17) is 14.3 Å². The average Bonchev–Trinajstić information content (AvgIpc) is 3.09. The number of rotatable bonds is 2. The largest absolute Gasteiger partial charge is 0.479 e. The standard InChI is InChI=1S/C15H14N2O3S/c1-3-10(11-7-18-9-16-12(11)4-1)15-17-19-8-13(20-15)14-5-2-6-21-14/h1-2,4-6,9-10,13H,3,7-8H2. The van der Waals surface area contributed by atoms with Crippen LogP contribution < -0.4 is 0 Å². The zero-order valence-electron chi connectivity index (χ0n) is 11.3. The molecular formula is C15H14N2O3S. The number of nitrogens with zero attached hydrogens (tertiary/aromatic N) is 2. The van der Waals surface area contributed by atoms with Gasteiger partial charge in [0.25, 0.3) is 0 Å². The Bertz CT molecular complexity index is 642. The van der Waals surface area contributed by atoms with Crippen LogP contribution in [-0.4, -0.2) is 25.5 Å². The molecule has 2 unspecified atom stereocenters. The molecule has 2 atom stereocenters. The molecule has 5 nitrogen and oxygen atoms in total. The smallest absolute Gasteiger partial charge is 0.234 e. The maximum absolute atomic E-state index is 6.08. The first-order chi connectivity index (χ1) is 10.4. The molecule has 6 heteroatoms. The molecule has 21 heavy (non-hydrogen) atoms. The number of oxime groups is 1. The van der Waals surface area contributed by atoms with Gasteiger partial charge in [0.2, 0.25) is 5.90 Å². The minimum Gasteiger partial charge on any atom is -0.479 e. The molecule has 0 aromatic carbocycles. The van der Waals surface area contributed by atoms with Gasteiger partial charge in [0.05, 0.1) is 11.6 Å². The van der Waals surface area contributed by atoms with Gasteiger partial charge < -0.3 is 14.3 Å². The summed E-state index contributed by atoms with van der Waals surface area (Å²) >= 11 is 1.67. The number of hydrogen-bond acceptors (Lipinski definition) is 6. The Balaban J connectivity index is 1.59. The van der Waals surface area contributed by atoms with Crippen molar-refractivity contribution in [3.05, 3.63) is 45.8 Å². The van der Waals surface area contributed by atoms with Gasteiger partial charge in [0.15, 0.2) is 19.1 Å². The van der Waals surface area contributed by atoms with Crippen molar-refractivity contribution in [2.24, 2.45) is 16.1 Å². The fraction of sp³-hybridized carbons (Fsp3) is 0.333. The van der Waals surface area contributed by atoms with E-state index in [-0.39, 0.29) is 12.0 Å². The molecule has 3 heterocycles. The fourth-order valence-electron chi connectivity index (χ4n) is 2.65. The number of hydrogen-bond donors (Lipinski definition) is 0. The van der Waals surface area contributed by atoms with Crippen LogP contribution in [0.25, 0.3) is 0 Å². The summed E-state index contributed by atoms with van der Waals surface area (Å²) in [5.41, 5.74) is 2.05. The summed E-state index contributed by atoms with van der Waals surface area (Å²) in [5.74, 6) is 0.669. The van der Waals surface area contributed by atoms with Gasteiger partial charge >= 0.3 is 0 Å². The zero-order valence-corrected chi connectivity index (χ0v) is 12.1. The fourth-order valence-corrected chi connectivity index (χ4v) is 3.38. The lowest BCUT2D eigenvalue weighted by Gasteiger charge is -2.30. The van der Waals surface area contributed by atoms with Gasteiger partial charge in [-0.1, -0.05) is 17.3 Å². The molecule has 1 aromatic rings. The number of thiophene rings is 1. The van der Waals surface area contributed by atoms with Gasteiger partial charge in [-0.15, -0.1) is 11.3 Å². The molecule has 0 spiro atoms. The van der Waals surface area contributed by atoms with E-state index in [1.165, 1.54) is 6.40 Å². The molecule has 0 bridgehead atoms. The average molecular weight is 302 g/mol. The molecule has 1 aromatic heterocycles. The molecule has 0 radical (unpaired) electrons. The Morgan fingerprint density at radius 1 is 1.33 bits per heavy atom. The van der Waals surface area contributed by atoms with E-state index in [0.717, 1.165) is 22.6 Å². The van der Waals surface area contributed by atoms with Gasteiger partial charge in [-0.2, -0.15) is 0 Å². The highest BCUT2D eigenvalue weighted by Gasteiger charge is 2.33. The topological polar surface area (TPSA) is 52.4 Å². The minimum atomic E-state index is -0.0829. The molecular weight excluding hydrogens is 288 g/mol. The second-order valence-corrected chi connectivity index (χ2v) is 5.97. The number of aliphatic imine (C=N–C) groups is 1. The van der Waals surface area contributed by atoms with E-state index >= 15 is 0 Å². The Morgan fingerprint density at radius 3 is 3.24 bits per heavy atom. The van der Waals surface area contributed by atoms with Crippen molar-refractivity contribution in [1.82, 2.24) is 0 Å². The van der Waals surface area contributed by atoms with Crippen LogP contribution in [-0.2, 0) is 14.3 Å². The lowest BCUT2D eigenvalue weighted by Crippen LogP contribution is -2.30. The van der Waals surface area contributed by atoms with Crippen LogP contribution in [0.2, 0.25) is 0 Å². The molecule has 1 aliphatic carbocycles. The Labute approximate surface area is 126 Å². The summed E-state index contributed by atoms with van der Waals surface area (Å²) in [6.07, 6.45) is 6.34. The maximum atomic E-state index is 6.08. The van der Waals surface area contributed by atoms with Crippen molar-refractivity contribution in [2.75, 3.05) is 13.2 Å². The highest BCUT2D eigenvalue weighted by Crippen LogP contribution is 2.34. The summed E-state index contributed by atoms with van der Waals surface area (Å²) in [6.45, 7) is 0.979. The third-order valence-electron chi connectivity index (χ3n) is 3.70. The number of ether oxygens (including phenoxy) is 2. The lowest BCUT2D eigenvalue weighted by molar-refractivity contribution is 0.00412. The summed E-state index contributed by atoms with van der Waals surface area (Å²) < 4.78 is 11.4. The normalized spacial score (nSPS) is 27.3. The van der Waals surface area contributed by atoms with Crippen LogP contribution in [0.15, 0.2) is 51.1 Å². The molecule has 4 rings (SSSR count). The van der Waals surface area contributed by atoms with Gasteiger partial charge in [-0.05, 0) is 23.9 Å². The summed E-state index contributed by atoms with van der Waals surface area (Å²) in [6, 6.07) is 4.07. The molecule has 0 fully saturated rings. The Kier molecular flexibility index (Phi) is 3.23. The molecule has 108 valence electrons. The highest BCUT2D eigenvalue weighted by atomic mass is 32.1. The van der Waals surface area contributed by atoms with E-state index in [2.05, 4.69) is 22.3 Å². The van der Waals surface area contributed by atoms with Gasteiger partial charge in [0.1, 0.15) is 6.61 Å². The lowest BCUT2D eigenvalue weighted by atomic mass is 9.89. The minimum absolute atomic E-state index is 0.0465. The van der Waals surface area contributed by atoms with Crippen molar-refractivity contribution >= 4 is 23.6 Å². The zero-order chi connectivity index (χ0) is 14.1. The van der Waals surface area contributed by atoms with E-state index in [9.17, 15) is 0 Å². The summed E-state index contributed by atoms with van der Waals surface area (Å²) in [7, 11) is 0. The Morgan fingerprint density at radius 2 is 2.33 bits per heavy atom. The predicted molar refractivity (Wildman–Crippen MR) is 80.2 cm³/mol. The van der Waals surface area contributed by atoms with Crippen LogP contribution in [0.5, 0.6) is 0 Å². The second-order valence-electron chi connectivity index (χ2n) is 4.99. The van der Waals surface area contributed by atoms with Crippen LogP contribution in [0.1, 0.15) is 17.4 Å². The van der Waals surface area contributed by atoms with Crippen molar-refractivity contribution in [1.29, 1.82) is 0 Å². The Hall–Kier alpha value is -2.08. The number of allylic oxidation sites excluding steroid dienone is 2. The van der Waals surface area contributed by atoms with E-state index < -0.39 is 0 Å². The van der Waals surface area contributed by atoms with E-state index in [0.29, 0.717) is 19.1 Å². The third kappa shape index (κ3) is 2.35. The van der Waals surface area contributed by atoms with Crippen molar-refractivity contribution in [3.63, 3.8) is 0 Å². The summed E-state index contributed by atoms with van der Waals surface area (Å²) in [4.78, 5) is 10.8. The quantitative estimate of drug-likeness (QED) is 0.843. The third-order valence-corrected chi connectivity index (χ3v) is 4.67. The SMILES string of the molecule is C1=CC2=C(COC=N2)C(C2=NOCC(c3cccs3)O2)C1. The van der Waals surface area contributed by atoms with Crippen LogP contribution in [0.4, 0.5) is 0 Å².